The fourth-order valence-corrected chi connectivity index (χ4v) is 2.75. The summed E-state index contributed by atoms with van der Waals surface area (Å²) in [5, 5.41) is 8.07. The Balaban J connectivity index is 1.66. The summed E-state index contributed by atoms with van der Waals surface area (Å²) in [6.07, 6.45) is 7.63. The molecule has 1 N–H and O–H groups in total. The minimum absolute atomic E-state index is 0.429. The van der Waals surface area contributed by atoms with E-state index in [-0.39, 0.29) is 0 Å². The molecular weight excluding hydrogens is 198 g/mol. The molecule has 1 aromatic heterocycles. The molecule has 2 aliphatic carbocycles. The van der Waals surface area contributed by atoms with E-state index in [1.54, 1.807) is 0 Å². The van der Waals surface area contributed by atoms with Gasteiger partial charge in [-0.3, -0.25) is 4.68 Å². The molecule has 0 saturated heterocycles. The second kappa shape index (κ2) is 3.88. The summed E-state index contributed by atoms with van der Waals surface area (Å²) in [5.41, 5.74) is 1.30. The van der Waals surface area contributed by atoms with Gasteiger partial charge in [0.05, 0.1) is 5.69 Å². The van der Waals surface area contributed by atoms with Gasteiger partial charge in [0.2, 0.25) is 0 Å². The van der Waals surface area contributed by atoms with E-state index in [0.29, 0.717) is 6.04 Å². The predicted molar refractivity (Wildman–Crippen MR) is 64.0 cm³/mol. The lowest BCUT2D eigenvalue weighted by Gasteiger charge is -2.23. The van der Waals surface area contributed by atoms with Crippen LogP contribution in [0.4, 0.5) is 0 Å². The fraction of sp³-hybridized carbons (Fsp3) is 0.769. The van der Waals surface area contributed by atoms with Gasteiger partial charge in [0.25, 0.3) is 0 Å². The van der Waals surface area contributed by atoms with Gasteiger partial charge in [-0.15, -0.1) is 0 Å². The lowest BCUT2D eigenvalue weighted by atomic mass is 10.1. The first-order valence-electron chi connectivity index (χ1n) is 6.49. The average Bonchev–Trinajstić information content (AvgIpc) is 3.14. The van der Waals surface area contributed by atoms with Crippen LogP contribution in [0.15, 0.2) is 12.3 Å². The standard InChI is InChI=1S/C13H21N3/c1-9(12-7-8-14-16(12)2)15-13(10-3-4-10)11-5-6-11/h7-11,13,15H,3-6H2,1-2H3. The van der Waals surface area contributed by atoms with Crippen molar-refractivity contribution in [2.75, 3.05) is 0 Å². The van der Waals surface area contributed by atoms with Gasteiger partial charge in [-0.25, -0.2) is 0 Å². The molecule has 3 rings (SSSR count). The highest BCUT2D eigenvalue weighted by atomic mass is 15.3. The Kier molecular flexibility index (Phi) is 2.51. The number of rotatable bonds is 5. The normalized spacial score (nSPS) is 22.7. The van der Waals surface area contributed by atoms with Crippen molar-refractivity contribution in [3.8, 4) is 0 Å². The number of nitrogens with one attached hydrogen (secondary N) is 1. The minimum Gasteiger partial charge on any atom is -0.306 e. The quantitative estimate of drug-likeness (QED) is 0.823. The molecule has 0 aliphatic heterocycles. The fourth-order valence-electron chi connectivity index (χ4n) is 2.75. The van der Waals surface area contributed by atoms with Crippen LogP contribution in [-0.2, 0) is 7.05 Å². The van der Waals surface area contributed by atoms with Crippen molar-refractivity contribution in [2.45, 2.75) is 44.7 Å². The molecule has 2 fully saturated rings. The maximum atomic E-state index is 4.24. The molecule has 88 valence electrons. The summed E-state index contributed by atoms with van der Waals surface area (Å²) in [5.74, 6) is 1.92. The SMILES string of the molecule is CC(NC(C1CC1)C1CC1)c1ccnn1C. The third-order valence-electron chi connectivity index (χ3n) is 4.00. The molecule has 0 radical (unpaired) electrons. The van der Waals surface area contributed by atoms with Crippen molar-refractivity contribution in [3.63, 3.8) is 0 Å². The third kappa shape index (κ3) is 2.01. The van der Waals surface area contributed by atoms with Crippen molar-refractivity contribution in [1.82, 2.24) is 15.1 Å². The van der Waals surface area contributed by atoms with Crippen molar-refractivity contribution in [2.24, 2.45) is 18.9 Å². The van der Waals surface area contributed by atoms with Crippen LogP contribution in [0.25, 0.3) is 0 Å². The largest absolute Gasteiger partial charge is 0.306 e. The molecule has 0 amide bonds. The predicted octanol–water partition coefficient (Wildman–Crippen LogP) is 2.26. The highest BCUT2D eigenvalue weighted by molar-refractivity contribution is 5.07. The molecule has 3 heteroatoms. The topological polar surface area (TPSA) is 29.9 Å². The molecule has 1 atom stereocenters. The van der Waals surface area contributed by atoms with Gasteiger partial charge in [-0.1, -0.05) is 0 Å². The van der Waals surface area contributed by atoms with E-state index in [0.717, 1.165) is 17.9 Å². The van der Waals surface area contributed by atoms with Crippen LogP contribution >= 0.6 is 0 Å². The first-order chi connectivity index (χ1) is 7.75. The minimum atomic E-state index is 0.429. The van der Waals surface area contributed by atoms with E-state index in [4.69, 9.17) is 0 Å². The smallest absolute Gasteiger partial charge is 0.0547 e. The highest BCUT2D eigenvalue weighted by Gasteiger charge is 2.41. The van der Waals surface area contributed by atoms with E-state index < -0.39 is 0 Å². The van der Waals surface area contributed by atoms with Crippen LogP contribution in [0, 0.1) is 11.8 Å². The number of nitrogens with zero attached hydrogens (tertiary/aromatic N) is 2. The molecule has 3 nitrogen and oxygen atoms in total. The Morgan fingerprint density at radius 1 is 1.31 bits per heavy atom. The zero-order valence-corrected chi connectivity index (χ0v) is 10.2. The monoisotopic (exact) mass is 219 g/mol. The van der Waals surface area contributed by atoms with Crippen LogP contribution in [0.2, 0.25) is 0 Å². The van der Waals surface area contributed by atoms with Crippen LogP contribution in [-0.4, -0.2) is 15.8 Å². The van der Waals surface area contributed by atoms with Crippen LogP contribution in [0.3, 0.4) is 0 Å². The molecule has 1 unspecified atom stereocenters. The Labute approximate surface area is 97.2 Å². The van der Waals surface area contributed by atoms with Gasteiger partial charge < -0.3 is 5.32 Å². The van der Waals surface area contributed by atoms with Gasteiger partial charge in [-0.05, 0) is 50.5 Å². The van der Waals surface area contributed by atoms with Crippen molar-refractivity contribution in [1.29, 1.82) is 0 Å². The average molecular weight is 219 g/mol. The summed E-state index contributed by atoms with van der Waals surface area (Å²) in [6, 6.07) is 3.32. The van der Waals surface area contributed by atoms with Gasteiger partial charge in [0.1, 0.15) is 0 Å². The lowest BCUT2D eigenvalue weighted by Crippen LogP contribution is -2.35. The summed E-state index contributed by atoms with van der Waals surface area (Å²) < 4.78 is 1.98. The van der Waals surface area contributed by atoms with Crippen LogP contribution < -0.4 is 5.32 Å². The highest BCUT2D eigenvalue weighted by Crippen LogP contribution is 2.45. The summed E-state index contributed by atoms with van der Waals surface area (Å²) >= 11 is 0. The Hall–Kier alpha value is -0.830. The molecule has 0 aromatic carbocycles. The van der Waals surface area contributed by atoms with Crippen molar-refractivity contribution >= 4 is 0 Å². The summed E-state index contributed by atoms with van der Waals surface area (Å²) in [7, 11) is 2.02. The van der Waals surface area contributed by atoms with E-state index in [2.05, 4.69) is 23.4 Å². The molecule has 2 aliphatic rings. The first kappa shape index (κ1) is 10.3. The number of hydrogen-bond acceptors (Lipinski definition) is 2. The molecule has 0 spiro atoms. The number of aryl methyl sites for hydroxylation is 1. The molecule has 1 aromatic rings. The van der Waals surface area contributed by atoms with E-state index in [9.17, 15) is 0 Å². The van der Waals surface area contributed by atoms with Gasteiger partial charge in [0, 0.05) is 25.3 Å². The van der Waals surface area contributed by atoms with Gasteiger partial charge in [0.15, 0.2) is 0 Å². The lowest BCUT2D eigenvalue weighted by molar-refractivity contribution is 0.368. The Bertz CT molecular complexity index is 351. The van der Waals surface area contributed by atoms with E-state index >= 15 is 0 Å². The van der Waals surface area contributed by atoms with Crippen LogP contribution in [0.5, 0.6) is 0 Å². The zero-order chi connectivity index (χ0) is 11.1. The Morgan fingerprint density at radius 3 is 2.38 bits per heavy atom. The van der Waals surface area contributed by atoms with Gasteiger partial charge in [-0.2, -0.15) is 5.10 Å². The first-order valence-corrected chi connectivity index (χ1v) is 6.49. The van der Waals surface area contributed by atoms with E-state index in [1.165, 1.54) is 31.4 Å². The maximum absolute atomic E-state index is 4.24. The van der Waals surface area contributed by atoms with Gasteiger partial charge >= 0.3 is 0 Å². The third-order valence-corrected chi connectivity index (χ3v) is 4.00. The molecule has 0 bridgehead atoms. The van der Waals surface area contributed by atoms with Crippen molar-refractivity contribution in [3.05, 3.63) is 18.0 Å². The molecule has 1 heterocycles. The molecule has 16 heavy (non-hydrogen) atoms. The van der Waals surface area contributed by atoms with Crippen LogP contribution in [0.1, 0.15) is 44.3 Å². The second-order valence-electron chi connectivity index (χ2n) is 5.47. The zero-order valence-electron chi connectivity index (χ0n) is 10.2. The van der Waals surface area contributed by atoms with Crippen molar-refractivity contribution < 1.29 is 0 Å². The number of aromatic nitrogens is 2. The summed E-state index contributed by atoms with van der Waals surface area (Å²) in [4.78, 5) is 0. The molecule has 2 saturated carbocycles. The van der Waals surface area contributed by atoms with E-state index in [1.807, 2.05) is 17.9 Å². The summed E-state index contributed by atoms with van der Waals surface area (Å²) in [6.45, 7) is 2.26. The Morgan fingerprint density at radius 2 is 1.94 bits per heavy atom. The number of hydrogen-bond donors (Lipinski definition) is 1. The second-order valence-corrected chi connectivity index (χ2v) is 5.47. The maximum Gasteiger partial charge on any atom is 0.0547 e. The molecular formula is C13H21N3.